The molecular weight excluding hydrogens is 767 g/mol. The van der Waals surface area contributed by atoms with Gasteiger partial charge in [0.05, 0.1) is 22.4 Å². The number of nitrogens with zero attached hydrogens (tertiary/aromatic N) is 6. The quantitative estimate of drug-likeness (QED) is 0.144. The van der Waals surface area contributed by atoms with Crippen LogP contribution in [0, 0.1) is 0 Å². The van der Waals surface area contributed by atoms with Gasteiger partial charge in [-0.2, -0.15) is 0 Å². The lowest BCUT2D eigenvalue weighted by molar-refractivity contribution is 1.07. The molecule has 0 saturated heterocycles. The lowest BCUT2D eigenvalue weighted by Crippen LogP contribution is -2.59. The first kappa shape index (κ1) is 35.4. The minimum Gasteiger partial charge on any atom is -0.308 e. The van der Waals surface area contributed by atoms with E-state index in [1.54, 1.807) is 0 Å². The molecule has 2 aromatic heterocycles. The summed E-state index contributed by atoms with van der Waals surface area (Å²) in [6.07, 6.45) is 0. The molecule has 0 spiro atoms. The molecule has 2 aliphatic heterocycles. The van der Waals surface area contributed by atoms with E-state index in [1.807, 2.05) is 0 Å². The maximum atomic E-state index is 5.69. The van der Waals surface area contributed by atoms with Crippen LogP contribution in [0.25, 0.3) is 56.2 Å². The molecule has 294 valence electrons. The first-order valence-electron chi connectivity index (χ1n) is 21.5. The van der Waals surface area contributed by atoms with E-state index in [4.69, 9.17) is 9.97 Å². The Labute approximate surface area is 365 Å². The molecule has 63 heavy (non-hydrogen) atoms. The Morgan fingerprint density at radius 3 is 1.02 bits per heavy atom. The largest absolute Gasteiger partial charge is 0.308 e. The first-order valence-corrected chi connectivity index (χ1v) is 21.5. The molecule has 2 aliphatic rings. The highest BCUT2D eigenvalue weighted by Crippen LogP contribution is 2.45. The van der Waals surface area contributed by atoms with Gasteiger partial charge in [-0.25, -0.2) is 9.97 Å². The van der Waals surface area contributed by atoms with Crippen LogP contribution in [-0.2, 0) is 0 Å². The van der Waals surface area contributed by atoms with Crippen LogP contribution < -0.4 is 26.2 Å². The van der Waals surface area contributed by atoms with Crippen molar-refractivity contribution >= 4 is 79.3 Å². The van der Waals surface area contributed by atoms with Crippen molar-refractivity contribution in [2.24, 2.45) is 0 Å². The average molecular weight is 805 g/mol. The molecule has 7 heteroatoms. The van der Waals surface area contributed by atoms with E-state index in [9.17, 15) is 0 Å². The number of anilines is 6. The zero-order valence-electron chi connectivity index (χ0n) is 34.1. The minimum atomic E-state index is -0.0891. The summed E-state index contributed by atoms with van der Waals surface area (Å²) in [7, 11) is 0. The van der Waals surface area contributed by atoms with Gasteiger partial charge in [-0.3, -0.25) is 9.13 Å². The molecule has 0 fully saturated rings. The van der Waals surface area contributed by atoms with Crippen LogP contribution in [0.5, 0.6) is 0 Å². The van der Waals surface area contributed by atoms with Gasteiger partial charge < -0.3 is 9.80 Å². The third-order valence-electron chi connectivity index (χ3n) is 12.7. The van der Waals surface area contributed by atoms with Crippen molar-refractivity contribution in [3.8, 4) is 34.2 Å². The Morgan fingerprint density at radius 1 is 0.333 bits per heavy atom. The highest BCUT2D eigenvalue weighted by molar-refractivity contribution is 7.00. The van der Waals surface area contributed by atoms with Gasteiger partial charge in [0, 0.05) is 45.3 Å². The minimum absolute atomic E-state index is 0.0891. The van der Waals surface area contributed by atoms with E-state index in [0.717, 1.165) is 90.3 Å². The van der Waals surface area contributed by atoms with Gasteiger partial charge in [-0.1, -0.05) is 152 Å². The SMILES string of the molecule is c1ccc(-c2nc3c(N(c4ccccc4)c4ccccc4)ccc4c3n2-c2cccc3c2B4c2ccc(N(c4ccccc4)c4ccccc4)c4nc(-c5ccccc5)n-3c24)cc1. The Balaban J connectivity index is 1.14. The highest BCUT2D eigenvalue weighted by atomic mass is 15.2. The summed E-state index contributed by atoms with van der Waals surface area (Å²) < 4.78 is 4.85. The first-order chi connectivity index (χ1) is 31.3. The summed E-state index contributed by atoms with van der Waals surface area (Å²) in [5.74, 6) is 1.82. The Hall–Kier alpha value is -8.42. The molecule has 0 radical (unpaired) electrons. The number of hydrogen-bond acceptors (Lipinski definition) is 4. The molecule has 6 nitrogen and oxygen atoms in total. The number of para-hydroxylation sites is 4. The smallest absolute Gasteiger partial charge is 0.252 e. The fourth-order valence-electron chi connectivity index (χ4n) is 10.1. The van der Waals surface area contributed by atoms with Crippen LogP contribution in [0.2, 0.25) is 0 Å². The molecule has 0 saturated carbocycles. The fourth-order valence-corrected chi connectivity index (χ4v) is 10.1. The van der Waals surface area contributed by atoms with Crippen LogP contribution in [0.1, 0.15) is 0 Å². The van der Waals surface area contributed by atoms with Crippen molar-refractivity contribution in [2.75, 3.05) is 9.80 Å². The molecule has 11 aromatic rings. The summed E-state index contributed by atoms with van der Waals surface area (Å²) in [5, 5.41) is 0. The van der Waals surface area contributed by atoms with E-state index >= 15 is 0 Å². The number of benzene rings is 9. The fraction of sp³-hybridized carbons (Fsp3) is 0. The monoisotopic (exact) mass is 804 g/mol. The van der Waals surface area contributed by atoms with Crippen molar-refractivity contribution in [1.29, 1.82) is 0 Å². The maximum Gasteiger partial charge on any atom is 0.252 e. The zero-order chi connectivity index (χ0) is 41.4. The number of aromatic nitrogens is 4. The van der Waals surface area contributed by atoms with Gasteiger partial charge in [0.2, 0.25) is 0 Å². The highest BCUT2D eigenvalue weighted by Gasteiger charge is 2.43. The number of hydrogen-bond donors (Lipinski definition) is 0. The van der Waals surface area contributed by atoms with Crippen LogP contribution in [-0.4, -0.2) is 25.8 Å². The molecule has 0 atom stereocenters. The Morgan fingerprint density at radius 2 is 0.667 bits per heavy atom. The van der Waals surface area contributed by atoms with E-state index in [-0.39, 0.29) is 6.71 Å². The van der Waals surface area contributed by atoms with Gasteiger partial charge in [0.25, 0.3) is 6.71 Å². The van der Waals surface area contributed by atoms with Gasteiger partial charge in [-0.15, -0.1) is 0 Å². The second kappa shape index (κ2) is 14.1. The van der Waals surface area contributed by atoms with Crippen LogP contribution in [0.3, 0.4) is 0 Å². The topological polar surface area (TPSA) is 42.1 Å². The standard InChI is InChI=1S/C56H37BN6/c1-7-20-38(21-8-1)55-58-51-48(60(40-24-11-3-12-25-40)41-26-13-4-14-27-41)36-34-44-53(51)62(55)46-32-19-33-47-50(46)57(44)45-35-37-49(52-54(45)63(47)56(59-52)39-22-9-2-10-23-39)61(42-28-15-5-16-29-42)43-30-17-6-18-31-43/h1-37H. The lowest BCUT2D eigenvalue weighted by atomic mass is 9.34. The molecule has 0 amide bonds. The molecule has 9 aromatic carbocycles. The van der Waals surface area contributed by atoms with Gasteiger partial charge >= 0.3 is 0 Å². The third kappa shape index (κ3) is 5.33. The second-order valence-electron chi connectivity index (χ2n) is 16.2. The third-order valence-corrected chi connectivity index (χ3v) is 12.7. The number of rotatable bonds is 8. The Kier molecular flexibility index (Phi) is 7.90. The van der Waals surface area contributed by atoms with E-state index in [2.05, 4.69) is 243 Å². The molecule has 13 rings (SSSR count). The molecular formula is C56H37BN6. The average Bonchev–Trinajstić information content (AvgIpc) is 3.97. The van der Waals surface area contributed by atoms with Gasteiger partial charge in [0.15, 0.2) is 0 Å². The zero-order valence-corrected chi connectivity index (χ0v) is 34.1. The van der Waals surface area contributed by atoms with Crippen molar-refractivity contribution in [2.45, 2.75) is 0 Å². The summed E-state index contributed by atoms with van der Waals surface area (Å²) in [6.45, 7) is -0.0891. The maximum absolute atomic E-state index is 5.69. The van der Waals surface area contributed by atoms with E-state index in [1.165, 1.54) is 16.4 Å². The predicted molar refractivity (Wildman–Crippen MR) is 261 cm³/mol. The molecule has 4 heterocycles. The summed E-state index contributed by atoms with van der Waals surface area (Å²) in [6, 6.07) is 79.8. The predicted octanol–water partition coefficient (Wildman–Crippen LogP) is 11.8. The van der Waals surface area contributed by atoms with Gasteiger partial charge in [0.1, 0.15) is 22.7 Å². The van der Waals surface area contributed by atoms with Crippen molar-refractivity contribution in [3.63, 3.8) is 0 Å². The van der Waals surface area contributed by atoms with E-state index in [0.29, 0.717) is 0 Å². The summed E-state index contributed by atoms with van der Waals surface area (Å²) in [4.78, 5) is 16.1. The van der Waals surface area contributed by atoms with Crippen LogP contribution in [0.15, 0.2) is 224 Å². The van der Waals surface area contributed by atoms with Crippen molar-refractivity contribution in [1.82, 2.24) is 19.1 Å². The van der Waals surface area contributed by atoms with Crippen molar-refractivity contribution < 1.29 is 0 Å². The summed E-state index contributed by atoms with van der Waals surface area (Å²) >= 11 is 0. The molecule has 0 N–H and O–H groups in total. The second-order valence-corrected chi connectivity index (χ2v) is 16.2. The van der Waals surface area contributed by atoms with Crippen LogP contribution >= 0.6 is 0 Å². The normalized spacial score (nSPS) is 12.1. The van der Waals surface area contributed by atoms with Crippen LogP contribution in [0.4, 0.5) is 34.1 Å². The molecule has 0 unspecified atom stereocenters. The molecule has 0 aliphatic carbocycles. The van der Waals surface area contributed by atoms with E-state index < -0.39 is 0 Å². The molecule has 0 bridgehead atoms. The van der Waals surface area contributed by atoms with Crippen molar-refractivity contribution in [3.05, 3.63) is 224 Å². The summed E-state index contributed by atoms with van der Waals surface area (Å²) in [5.41, 5.74) is 18.5. The Bertz CT molecular complexity index is 3190. The van der Waals surface area contributed by atoms with Gasteiger partial charge in [-0.05, 0) is 89.2 Å². The lowest BCUT2D eigenvalue weighted by Gasteiger charge is -2.34. The number of fused-ring (bicyclic) bond motifs is 4. The number of imidazole rings is 2.